The number of halogens is 1. The van der Waals surface area contributed by atoms with Gasteiger partial charge in [0.25, 0.3) is 0 Å². The first-order valence-corrected chi connectivity index (χ1v) is 9.85. The van der Waals surface area contributed by atoms with E-state index in [4.69, 9.17) is 4.74 Å². The molecule has 2 aromatic carbocycles. The van der Waals surface area contributed by atoms with Crippen molar-refractivity contribution in [2.75, 3.05) is 6.61 Å². The van der Waals surface area contributed by atoms with Gasteiger partial charge in [0.2, 0.25) is 5.91 Å². The molecule has 0 unspecified atom stereocenters. The molecule has 0 atom stereocenters. The normalized spacial score (nSPS) is 11.6. The smallest absolute Gasteiger partial charge is 0.244 e. The van der Waals surface area contributed by atoms with Crippen molar-refractivity contribution in [2.24, 2.45) is 5.10 Å². The number of phenols is 1. The van der Waals surface area contributed by atoms with Gasteiger partial charge in [-0.05, 0) is 63.8 Å². The number of amides is 1. The fourth-order valence-corrected chi connectivity index (χ4v) is 3.09. The summed E-state index contributed by atoms with van der Waals surface area (Å²) in [6.45, 7) is 8.77. The van der Waals surface area contributed by atoms with Gasteiger partial charge in [-0.1, -0.05) is 45.0 Å². The van der Waals surface area contributed by atoms with Crippen LogP contribution in [0.1, 0.15) is 44.4 Å². The Kier molecular flexibility index (Phi) is 7.24. The SMILES string of the molecule is CCOc1cc(C=NNC(=O)Cc2ccc(C(C)(C)C)cc2)cc(I)c1O. The van der Waals surface area contributed by atoms with Crippen molar-refractivity contribution in [3.63, 3.8) is 0 Å². The molecule has 6 heteroatoms. The Morgan fingerprint density at radius 1 is 1.26 bits per heavy atom. The van der Waals surface area contributed by atoms with Crippen molar-refractivity contribution < 1.29 is 14.6 Å². The lowest BCUT2D eigenvalue weighted by Crippen LogP contribution is -2.20. The standard InChI is InChI=1S/C21H25IN2O3/c1-5-27-18-11-15(10-17(22)20(18)26)13-23-24-19(25)12-14-6-8-16(9-7-14)21(2,3)4/h6-11,13,26H,5,12H2,1-4H3,(H,24,25). The quantitative estimate of drug-likeness (QED) is 0.366. The van der Waals surface area contributed by atoms with E-state index in [1.165, 1.54) is 11.8 Å². The number of phenolic OH excluding ortho intramolecular Hbond substituents is 1. The minimum absolute atomic E-state index is 0.0903. The lowest BCUT2D eigenvalue weighted by Gasteiger charge is -2.19. The molecule has 0 fully saturated rings. The van der Waals surface area contributed by atoms with Crippen LogP contribution >= 0.6 is 22.6 Å². The third kappa shape index (κ3) is 6.23. The summed E-state index contributed by atoms with van der Waals surface area (Å²) in [5.41, 5.74) is 5.53. The van der Waals surface area contributed by atoms with E-state index in [0.717, 1.165) is 11.1 Å². The van der Waals surface area contributed by atoms with Gasteiger partial charge in [-0.2, -0.15) is 5.10 Å². The highest BCUT2D eigenvalue weighted by atomic mass is 127. The molecular formula is C21H25IN2O3. The van der Waals surface area contributed by atoms with Crippen molar-refractivity contribution in [1.29, 1.82) is 0 Å². The predicted molar refractivity (Wildman–Crippen MR) is 117 cm³/mol. The molecule has 0 aliphatic heterocycles. The zero-order valence-electron chi connectivity index (χ0n) is 16.0. The van der Waals surface area contributed by atoms with Crippen LogP contribution in [-0.4, -0.2) is 23.8 Å². The second-order valence-electron chi connectivity index (χ2n) is 7.20. The van der Waals surface area contributed by atoms with Crippen LogP contribution < -0.4 is 10.2 Å². The fourth-order valence-electron chi connectivity index (χ4n) is 2.46. The highest BCUT2D eigenvalue weighted by Gasteiger charge is 2.13. The largest absolute Gasteiger partial charge is 0.504 e. The molecule has 0 aromatic heterocycles. The van der Waals surface area contributed by atoms with Gasteiger partial charge in [0.15, 0.2) is 11.5 Å². The van der Waals surface area contributed by atoms with E-state index in [-0.39, 0.29) is 23.5 Å². The number of carbonyl (C=O) groups is 1. The number of nitrogens with one attached hydrogen (secondary N) is 1. The molecule has 2 N–H and O–H groups in total. The Balaban J connectivity index is 1.97. The molecule has 0 aliphatic rings. The molecule has 2 aromatic rings. The molecule has 5 nitrogen and oxygen atoms in total. The summed E-state index contributed by atoms with van der Waals surface area (Å²) in [5, 5.41) is 14.0. The Labute approximate surface area is 174 Å². The third-order valence-corrected chi connectivity index (χ3v) is 4.76. The summed E-state index contributed by atoms with van der Waals surface area (Å²) in [6.07, 6.45) is 1.80. The van der Waals surface area contributed by atoms with E-state index in [0.29, 0.717) is 15.9 Å². The van der Waals surface area contributed by atoms with Gasteiger partial charge < -0.3 is 9.84 Å². The van der Waals surface area contributed by atoms with Crippen LogP contribution in [0.4, 0.5) is 0 Å². The van der Waals surface area contributed by atoms with E-state index in [9.17, 15) is 9.90 Å². The molecule has 0 spiro atoms. The van der Waals surface area contributed by atoms with Gasteiger partial charge in [-0.25, -0.2) is 5.43 Å². The highest BCUT2D eigenvalue weighted by molar-refractivity contribution is 14.1. The molecule has 27 heavy (non-hydrogen) atoms. The molecule has 144 valence electrons. The first-order valence-electron chi connectivity index (χ1n) is 8.77. The Bertz CT molecular complexity index is 825. The molecule has 1 amide bonds. The molecule has 0 aliphatic carbocycles. The second-order valence-corrected chi connectivity index (χ2v) is 8.36. The second kappa shape index (κ2) is 9.21. The maximum atomic E-state index is 12.1. The lowest BCUT2D eigenvalue weighted by molar-refractivity contribution is -0.120. The first kappa shape index (κ1) is 21.2. The number of aromatic hydroxyl groups is 1. The number of hydrazone groups is 1. The van der Waals surface area contributed by atoms with Gasteiger partial charge in [0, 0.05) is 0 Å². The van der Waals surface area contributed by atoms with Crippen LogP contribution in [0.25, 0.3) is 0 Å². The van der Waals surface area contributed by atoms with Crippen molar-refractivity contribution in [2.45, 2.75) is 39.5 Å². The fraction of sp³-hybridized carbons (Fsp3) is 0.333. The topological polar surface area (TPSA) is 70.9 Å². The number of hydrogen-bond donors (Lipinski definition) is 2. The summed E-state index contributed by atoms with van der Waals surface area (Å²) < 4.78 is 6.05. The van der Waals surface area contributed by atoms with Crippen LogP contribution in [-0.2, 0) is 16.6 Å². The molecule has 0 saturated carbocycles. The van der Waals surface area contributed by atoms with Gasteiger partial charge in [-0.15, -0.1) is 0 Å². The molecular weight excluding hydrogens is 455 g/mol. The molecule has 0 radical (unpaired) electrons. The number of nitrogens with zero attached hydrogens (tertiary/aromatic N) is 1. The van der Waals surface area contributed by atoms with Gasteiger partial charge >= 0.3 is 0 Å². The van der Waals surface area contributed by atoms with Gasteiger partial charge in [0.05, 0.1) is 22.8 Å². The van der Waals surface area contributed by atoms with Crippen molar-refractivity contribution in [3.05, 3.63) is 56.7 Å². The molecule has 0 bridgehead atoms. The van der Waals surface area contributed by atoms with Crippen LogP contribution in [0, 0.1) is 3.57 Å². The van der Waals surface area contributed by atoms with Gasteiger partial charge in [0.1, 0.15) is 0 Å². The predicted octanol–water partition coefficient (Wildman–Crippen LogP) is 4.39. The van der Waals surface area contributed by atoms with Crippen LogP contribution in [0.5, 0.6) is 11.5 Å². The monoisotopic (exact) mass is 480 g/mol. The number of hydrogen-bond acceptors (Lipinski definition) is 4. The maximum Gasteiger partial charge on any atom is 0.244 e. The van der Waals surface area contributed by atoms with E-state index >= 15 is 0 Å². The number of ether oxygens (including phenoxy) is 1. The molecule has 0 heterocycles. The molecule has 2 rings (SSSR count). The number of benzene rings is 2. The lowest BCUT2D eigenvalue weighted by atomic mass is 9.86. The number of carbonyl (C=O) groups excluding carboxylic acids is 1. The van der Waals surface area contributed by atoms with Crippen molar-refractivity contribution >= 4 is 34.7 Å². The highest BCUT2D eigenvalue weighted by Crippen LogP contribution is 2.32. The Hall–Kier alpha value is -2.09. The summed E-state index contributed by atoms with van der Waals surface area (Å²) in [6, 6.07) is 11.5. The Morgan fingerprint density at radius 3 is 2.52 bits per heavy atom. The minimum Gasteiger partial charge on any atom is -0.504 e. The average Bonchev–Trinajstić information content (AvgIpc) is 2.59. The minimum atomic E-state index is -0.187. The van der Waals surface area contributed by atoms with Gasteiger partial charge in [-0.3, -0.25) is 4.79 Å². The summed E-state index contributed by atoms with van der Waals surface area (Å²) >= 11 is 2.02. The number of rotatable bonds is 6. The van der Waals surface area contributed by atoms with Crippen LogP contribution in [0.3, 0.4) is 0 Å². The van der Waals surface area contributed by atoms with Crippen LogP contribution in [0.15, 0.2) is 41.5 Å². The van der Waals surface area contributed by atoms with Crippen molar-refractivity contribution in [3.8, 4) is 11.5 Å². The van der Waals surface area contributed by atoms with E-state index < -0.39 is 0 Å². The maximum absolute atomic E-state index is 12.1. The van der Waals surface area contributed by atoms with Crippen LogP contribution in [0.2, 0.25) is 0 Å². The average molecular weight is 480 g/mol. The summed E-state index contributed by atoms with van der Waals surface area (Å²) in [5.74, 6) is 0.321. The van der Waals surface area contributed by atoms with Crippen molar-refractivity contribution in [1.82, 2.24) is 5.43 Å². The summed E-state index contributed by atoms with van der Waals surface area (Å²) in [4.78, 5) is 12.1. The first-order chi connectivity index (χ1) is 12.7. The van der Waals surface area contributed by atoms with E-state index in [2.05, 4.69) is 43.4 Å². The summed E-state index contributed by atoms with van der Waals surface area (Å²) in [7, 11) is 0. The molecule has 0 saturated heterocycles. The zero-order chi connectivity index (χ0) is 20.0. The van der Waals surface area contributed by atoms with E-state index in [1.807, 2.05) is 41.6 Å². The zero-order valence-corrected chi connectivity index (χ0v) is 18.2. The Morgan fingerprint density at radius 2 is 1.93 bits per heavy atom. The third-order valence-electron chi connectivity index (χ3n) is 3.94. The van der Waals surface area contributed by atoms with E-state index in [1.54, 1.807) is 12.1 Å².